The molecule has 0 atom stereocenters. The third-order valence-electron chi connectivity index (χ3n) is 3.42. The molecular formula is C16H17NO3. The van der Waals surface area contributed by atoms with Gasteiger partial charge in [0.1, 0.15) is 5.75 Å². The monoisotopic (exact) mass is 271 g/mol. The molecule has 1 aliphatic heterocycles. The summed E-state index contributed by atoms with van der Waals surface area (Å²) in [7, 11) is 2.00. The van der Waals surface area contributed by atoms with E-state index in [1.807, 2.05) is 19.2 Å². The van der Waals surface area contributed by atoms with Crippen LogP contribution in [0.3, 0.4) is 0 Å². The Morgan fingerprint density at radius 1 is 1.15 bits per heavy atom. The molecule has 0 bridgehead atoms. The smallest absolute Gasteiger partial charge is 0.231 e. The van der Waals surface area contributed by atoms with E-state index in [2.05, 4.69) is 30.0 Å². The second-order valence-electron chi connectivity index (χ2n) is 5.03. The Labute approximate surface area is 118 Å². The van der Waals surface area contributed by atoms with Gasteiger partial charge >= 0.3 is 0 Å². The van der Waals surface area contributed by atoms with E-state index in [9.17, 15) is 5.11 Å². The van der Waals surface area contributed by atoms with Gasteiger partial charge in [-0.15, -0.1) is 0 Å². The topological polar surface area (TPSA) is 41.9 Å². The molecule has 0 amide bonds. The summed E-state index contributed by atoms with van der Waals surface area (Å²) in [6, 6.07) is 11.7. The molecule has 0 aliphatic carbocycles. The maximum absolute atomic E-state index is 10.1. The first-order valence-corrected chi connectivity index (χ1v) is 6.53. The van der Waals surface area contributed by atoms with E-state index in [0.29, 0.717) is 18.0 Å². The highest BCUT2D eigenvalue weighted by Crippen LogP contribution is 2.38. The molecule has 3 rings (SSSR count). The lowest BCUT2D eigenvalue weighted by atomic mass is 10.1. The predicted octanol–water partition coefficient (Wildman–Crippen LogP) is 3.07. The van der Waals surface area contributed by atoms with Crippen molar-refractivity contribution >= 4 is 5.69 Å². The maximum atomic E-state index is 10.1. The lowest BCUT2D eigenvalue weighted by molar-refractivity contribution is 0.174. The molecule has 2 aromatic carbocycles. The number of hydrogen-bond acceptors (Lipinski definition) is 4. The van der Waals surface area contributed by atoms with Gasteiger partial charge in [0, 0.05) is 30.9 Å². The number of aromatic hydroxyl groups is 1. The lowest BCUT2D eigenvalue weighted by Gasteiger charge is -2.20. The van der Waals surface area contributed by atoms with Crippen LogP contribution in [-0.2, 0) is 6.54 Å². The second kappa shape index (κ2) is 4.96. The minimum Gasteiger partial charge on any atom is -0.507 e. The molecule has 0 saturated heterocycles. The Balaban J connectivity index is 1.84. The number of fused-ring (bicyclic) bond motifs is 1. The quantitative estimate of drug-likeness (QED) is 0.931. The average Bonchev–Trinajstić information content (AvgIpc) is 2.86. The van der Waals surface area contributed by atoms with Gasteiger partial charge in [-0.3, -0.25) is 0 Å². The van der Waals surface area contributed by atoms with Gasteiger partial charge in [0.25, 0.3) is 0 Å². The summed E-state index contributed by atoms with van der Waals surface area (Å²) in [4.78, 5) is 2.09. The number of nitrogens with zero attached hydrogens (tertiary/aromatic N) is 1. The van der Waals surface area contributed by atoms with Crippen LogP contribution in [0.4, 0.5) is 5.69 Å². The molecule has 0 spiro atoms. The van der Waals surface area contributed by atoms with Crippen LogP contribution in [0.15, 0.2) is 36.4 Å². The molecule has 104 valence electrons. The molecule has 4 heteroatoms. The van der Waals surface area contributed by atoms with Gasteiger partial charge in [-0.2, -0.15) is 0 Å². The summed E-state index contributed by atoms with van der Waals surface area (Å²) >= 11 is 0. The van der Waals surface area contributed by atoms with Crippen molar-refractivity contribution < 1.29 is 14.6 Å². The fourth-order valence-electron chi connectivity index (χ4n) is 2.31. The second-order valence-corrected chi connectivity index (χ2v) is 5.03. The van der Waals surface area contributed by atoms with E-state index in [1.165, 1.54) is 5.56 Å². The standard InChI is InChI=1S/C16H17NO3/c1-11-4-3-5-13(6-11)17(2)9-12-7-15-16(8-14(12)18)20-10-19-15/h3-8,18H,9-10H2,1-2H3. The summed E-state index contributed by atoms with van der Waals surface area (Å²) < 4.78 is 10.6. The molecule has 0 unspecified atom stereocenters. The number of hydrogen-bond donors (Lipinski definition) is 1. The molecule has 2 aromatic rings. The van der Waals surface area contributed by atoms with Gasteiger partial charge in [-0.05, 0) is 30.7 Å². The van der Waals surface area contributed by atoms with Crippen molar-refractivity contribution in [3.8, 4) is 17.2 Å². The Kier molecular flexibility index (Phi) is 3.14. The Morgan fingerprint density at radius 3 is 2.65 bits per heavy atom. The SMILES string of the molecule is Cc1cccc(N(C)Cc2cc3c(cc2O)OCO3)c1. The molecule has 1 heterocycles. The highest BCUT2D eigenvalue weighted by molar-refractivity contribution is 5.54. The molecule has 1 N–H and O–H groups in total. The summed E-state index contributed by atoms with van der Waals surface area (Å²) in [5, 5.41) is 10.1. The van der Waals surface area contributed by atoms with E-state index in [-0.39, 0.29) is 12.5 Å². The minimum absolute atomic E-state index is 0.214. The van der Waals surface area contributed by atoms with Crippen molar-refractivity contribution in [2.75, 3.05) is 18.7 Å². The van der Waals surface area contributed by atoms with Gasteiger partial charge in [-0.1, -0.05) is 12.1 Å². The number of benzene rings is 2. The van der Waals surface area contributed by atoms with Crippen LogP contribution >= 0.6 is 0 Å². The van der Waals surface area contributed by atoms with Crippen LogP contribution in [0, 0.1) is 6.92 Å². The van der Waals surface area contributed by atoms with Gasteiger partial charge in [-0.25, -0.2) is 0 Å². The molecule has 20 heavy (non-hydrogen) atoms. The van der Waals surface area contributed by atoms with Crippen LogP contribution < -0.4 is 14.4 Å². The zero-order valence-corrected chi connectivity index (χ0v) is 11.6. The lowest BCUT2D eigenvalue weighted by Crippen LogP contribution is -2.16. The van der Waals surface area contributed by atoms with E-state index in [0.717, 1.165) is 11.3 Å². The van der Waals surface area contributed by atoms with Crippen LogP contribution in [0.2, 0.25) is 0 Å². The van der Waals surface area contributed by atoms with E-state index in [1.54, 1.807) is 6.07 Å². The van der Waals surface area contributed by atoms with Crippen molar-refractivity contribution in [1.29, 1.82) is 0 Å². The predicted molar refractivity (Wildman–Crippen MR) is 77.5 cm³/mol. The van der Waals surface area contributed by atoms with Crippen molar-refractivity contribution in [1.82, 2.24) is 0 Å². The van der Waals surface area contributed by atoms with Crippen molar-refractivity contribution in [3.05, 3.63) is 47.5 Å². The number of ether oxygens (including phenoxy) is 2. The highest BCUT2D eigenvalue weighted by atomic mass is 16.7. The minimum atomic E-state index is 0.214. The van der Waals surface area contributed by atoms with E-state index >= 15 is 0 Å². The summed E-state index contributed by atoms with van der Waals surface area (Å²) in [5.41, 5.74) is 3.14. The van der Waals surface area contributed by atoms with Crippen molar-refractivity contribution in [3.63, 3.8) is 0 Å². The Hall–Kier alpha value is -2.36. The molecule has 0 fully saturated rings. The summed E-state index contributed by atoms with van der Waals surface area (Å²) in [6.07, 6.45) is 0. The zero-order valence-electron chi connectivity index (χ0n) is 11.6. The molecular weight excluding hydrogens is 254 g/mol. The normalized spacial score (nSPS) is 12.5. The molecule has 1 aliphatic rings. The largest absolute Gasteiger partial charge is 0.507 e. The highest BCUT2D eigenvalue weighted by Gasteiger charge is 2.17. The van der Waals surface area contributed by atoms with Crippen molar-refractivity contribution in [2.24, 2.45) is 0 Å². The third-order valence-corrected chi connectivity index (χ3v) is 3.42. The van der Waals surface area contributed by atoms with Gasteiger partial charge in [0.2, 0.25) is 6.79 Å². The van der Waals surface area contributed by atoms with E-state index < -0.39 is 0 Å². The molecule has 0 radical (unpaired) electrons. The van der Waals surface area contributed by atoms with E-state index in [4.69, 9.17) is 9.47 Å². The summed E-state index contributed by atoms with van der Waals surface area (Å²) in [5.74, 6) is 1.52. The number of phenolic OH excluding ortho intramolecular Hbond substituents is 1. The molecule has 0 saturated carbocycles. The van der Waals surface area contributed by atoms with Crippen molar-refractivity contribution in [2.45, 2.75) is 13.5 Å². The average molecular weight is 271 g/mol. The van der Waals surface area contributed by atoms with Gasteiger partial charge in [0.15, 0.2) is 11.5 Å². The summed E-state index contributed by atoms with van der Waals surface area (Å²) in [6.45, 7) is 2.88. The molecule has 4 nitrogen and oxygen atoms in total. The van der Waals surface area contributed by atoms with Gasteiger partial charge < -0.3 is 19.5 Å². The number of anilines is 1. The maximum Gasteiger partial charge on any atom is 0.231 e. The molecule has 0 aromatic heterocycles. The fourth-order valence-corrected chi connectivity index (χ4v) is 2.31. The number of aryl methyl sites for hydroxylation is 1. The third kappa shape index (κ3) is 2.37. The number of phenols is 1. The van der Waals surface area contributed by atoms with Crippen LogP contribution in [0.25, 0.3) is 0 Å². The number of rotatable bonds is 3. The van der Waals surface area contributed by atoms with Crippen LogP contribution in [-0.4, -0.2) is 18.9 Å². The Morgan fingerprint density at radius 2 is 1.90 bits per heavy atom. The fraction of sp³-hybridized carbons (Fsp3) is 0.250. The first-order valence-electron chi connectivity index (χ1n) is 6.53. The van der Waals surface area contributed by atoms with Gasteiger partial charge in [0.05, 0.1) is 0 Å². The first-order chi connectivity index (χ1) is 9.63. The zero-order chi connectivity index (χ0) is 14.1. The first kappa shape index (κ1) is 12.7. The van der Waals surface area contributed by atoms with Crippen LogP contribution in [0.1, 0.15) is 11.1 Å². The van der Waals surface area contributed by atoms with Crippen LogP contribution in [0.5, 0.6) is 17.2 Å². The Bertz CT molecular complexity index is 640.